The van der Waals surface area contributed by atoms with E-state index in [0.29, 0.717) is 31.2 Å². The maximum Gasteiger partial charge on any atom is 0.246 e. The summed E-state index contributed by atoms with van der Waals surface area (Å²) in [5.41, 5.74) is 0.535. The topological polar surface area (TPSA) is 97.0 Å². The van der Waals surface area contributed by atoms with E-state index in [0.717, 1.165) is 30.6 Å². The van der Waals surface area contributed by atoms with Crippen molar-refractivity contribution < 1.29 is 23.9 Å². The Hall–Kier alpha value is -3.65. The minimum absolute atomic E-state index is 0.0686. The summed E-state index contributed by atoms with van der Waals surface area (Å²) in [5, 5.41) is 6.27. The number of nitrogens with one attached hydrogen (secondary N) is 2. The summed E-state index contributed by atoms with van der Waals surface area (Å²) in [6.07, 6.45) is 8.03. The lowest BCUT2D eigenvalue weighted by molar-refractivity contribution is -0.141. The minimum Gasteiger partial charge on any atom is -0.494 e. The van der Waals surface area contributed by atoms with Crippen LogP contribution in [0, 0.1) is 17.8 Å². The zero-order valence-corrected chi connectivity index (χ0v) is 23.8. The lowest BCUT2D eigenvalue weighted by Crippen LogP contribution is -2.57. The lowest BCUT2D eigenvalue weighted by Gasteiger charge is -2.36. The van der Waals surface area contributed by atoms with E-state index in [1.807, 2.05) is 49.4 Å². The first-order valence-corrected chi connectivity index (χ1v) is 15.0. The van der Waals surface area contributed by atoms with Crippen LogP contribution in [0.25, 0.3) is 0 Å². The number of ether oxygens (including phenoxy) is 2. The molecule has 2 bridgehead atoms. The van der Waals surface area contributed by atoms with Gasteiger partial charge in [-0.3, -0.25) is 14.4 Å². The van der Waals surface area contributed by atoms with Gasteiger partial charge in [0.05, 0.1) is 24.5 Å². The lowest BCUT2D eigenvalue weighted by atomic mass is 9.74. The fourth-order valence-corrected chi connectivity index (χ4v) is 7.22. The van der Waals surface area contributed by atoms with Gasteiger partial charge >= 0.3 is 0 Å². The van der Waals surface area contributed by atoms with Gasteiger partial charge in [-0.05, 0) is 61.9 Å². The summed E-state index contributed by atoms with van der Waals surface area (Å²) in [6.45, 7) is 5.02. The molecule has 6 rings (SSSR count). The molecule has 8 heteroatoms. The SMILES string of the molecule is CCOc1ccc(NC(=O)[C@H]2[C@H]3C=C[C@@]4(O3)[C@H]2C(=O)N(CCc2ccccc2)[C@@H]4C(=O)N[C@H]2CCCC[C@@H]2C)cc1. The van der Waals surface area contributed by atoms with Gasteiger partial charge in [0, 0.05) is 18.3 Å². The first-order valence-electron chi connectivity index (χ1n) is 15.0. The maximum atomic E-state index is 14.2. The molecule has 41 heavy (non-hydrogen) atoms. The van der Waals surface area contributed by atoms with E-state index >= 15 is 0 Å². The standard InChI is InChI=1S/C33H39N3O5/c1-3-40-24-15-13-23(14-16-24)34-30(37)27-26-17-19-33(41-26)28(27)32(39)36(20-18-22-10-5-4-6-11-22)29(33)31(38)35-25-12-8-7-9-21(25)2/h4-6,10-11,13-17,19,21,25-29H,3,7-9,12,18,20H2,1-2H3,(H,34,37)(H,35,38)/t21-,25-,26+,27-,28+,29+,33+/m0/s1. The molecular weight excluding hydrogens is 518 g/mol. The average molecular weight is 558 g/mol. The van der Waals surface area contributed by atoms with Crippen LogP contribution >= 0.6 is 0 Å². The predicted octanol–water partition coefficient (Wildman–Crippen LogP) is 4.11. The van der Waals surface area contributed by atoms with Gasteiger partial charge in [0.2, 0.25) is 17.7 Å². The number of likely N-dealkylation sites (tertiary alicyclic amines) is 1. The van der Waals surface area contributed by atoms with Crippen LogP contribution < -0.4 is 15.4 Å². The quantitative estimate of drug-likeness (QED) is 0.453. The molecule has 2 saturated heterocycles. The Morgan fingerprint density at radius 3 is 2.54 bits per heavy atom. The Bertz CT molecular complexity index is 1310. The second-order valence-electron chi connectivity index (χ2n) is 11.8. The van der Waals surface area contributed by atoms with Gasteiger partial charge < -0.3 is 25.0 Å². The number of hydrogen-bond donors (Lipinski definition) is 2. The highest BCUT2D eigenvalue weighted by Crippen LogP contribution is 2.55. The Labute approximate surface area is 241 Å². The molecule has 2 aromatic rings. The molecule has 3 fully saturated rings. The molecule has 3 aliphatic heterocycles. The molecule has 2 N–H and O–H groups in total. The van der Waals surface area contributed by atoms with Crippen molar-refractivity contribution in [1.29, 1.82) is 0 Å². The average Bonchev–Trinajstić information content (AvgIpc) is 3.62. The molecule has 2 aromatic carbocycles. The van der Waals surface area contributed by atoms with E-state index in [9.17, 15) is 14.4 Å². The highest BCUT2D eigenvalue weighted by molar-refractivity contribution is 6.02. The van der Waals surface area contributed by atoms with E-state index in [1.54, 1.807) is 29.2 Å². The molecule has 1 saturated carbocycles. The molecule has 3 amide bonds. The molecule has 0 unspecified atom stereocenters. The van der Waals surface area contributed by atoms with Crippen LogP contribution in [0.4, 0.5) is 5.69 Å². The Morgan fingerprint density at radius 1 is 1.05 bits per heavy atom. The van der Waals surface area contributed by atoms with Gasteiger partial charge in [0.25, 0.3) is 0 Å². The molecule has 4 aliphatic rings. The molecule has 7 atom stereocenters. The number of carbonyl (C=O) groups is 3. The summed E-state index contributed by atoms with van der Waals surface area (Å²) < 4.78 is 12.0. The van der Waals surface area contributed by atoms with Crippen molar-refractivity contribution in [2.24, 2.45) is 17.8 Å². The third-order valence-electron chi connectivity index (χ3n) is 9.28. The number of anilines is 1. The van der Waals surface area contributed by atoms with E-state index in [2.05, 4.69) is 17.6 Å². The normalized spacial score (nSPS) is 31.7. The number of amides is 3. The van der Waals surface area contributed by atoms with E-state index in [4.69, 9.17) is 9.47 Å². The summed E-state index contributed by atoms with van der Waals surface area (Å²) in [7, 11) is 0. The van der Waals surface area contributed by atoms with Crippen molar-refractivity contribution in [2.75, 3.05) is 18.5 Å². The first kappa shape index (κ1) is 27.5. The summed E-state index contributed by atoms with van der Waals surface area (Å²) in [5.74, 6) is -1.08. The van der Waals surface area contributed by atoms with Crippen molar-refractivity contribution >= 4 is 23.4 Å². The monoisotopic (exact) mass is 557 g/mol. The van der Waals surface area contributed by atoms with Gasteiger partial charge in [-0.2, -0.15) is 0 Å². The van der Waals surface area contributed by atoms with Crippen LogP contribution in [0.5, 0.6) is 5.75 Å². The fourth-order valence-electron chi connectivity index (χ4n) is 7.22. The number of hydrogen-bond acceptors (Lipinski definition) is 5. The number of fused-ring (bicyclic) bond motifs is 1. The smallest absolute Gasteiger partial charge is 0.246 e. The van der Waals surface area contributed by atoms with Crippen molar-refractivity contribution in [3.8, 4) is 5.75 Å². The van der Waals surface area contributed by atoms with Crippen LogP contribution in [0.2, 0.25) is 0 Å². The second-order valence-corrected chi connectivity index (χ2v) is 11.8. The minimum atomic E-state index is -1.17. The summed E-state index contributed by atoms with van der Waals surface area (Å²) in [6, 6.07) is 16.4. The zero-order chi connectivity index (χ0) is 28.6. The highest BCUT2D eigenvalue weighted by Gasteiger charge is 2.72. The van der Waals surface area contributed by atoms with Crippen molar-refractivity contribution in [3.63, 3.8) is 0 Å². The van der Waals surface area contributed by atoms with Crippen LogP contribution in [-0.2, 0) is 25.5 Å². The molecule has 0 aromatic heterocycles. The molecule has 3 heterocycles. The Kier molecular flexibility index (Phi) is 7.60. The summed E-state index contributed by atoms with van der Waals surface area (Å²) in [4.78, 5) is 43.6. The number of rotatable bonds is 9. The first-order chi connectivity index (χ1) is 19.9. The fraction of sp³-hybridized carbons (Fsp3) is 0.485. The third kappa shape index (κ3) is 5.03. The molecule has 1 aliphatic carbocycles. The molecule has 0 radical (unpaired) electrons. The van der Waals surface area contributed by atoms with Crippen molar-refractivity contribution in [3.05, 3.63) is 72.3 Å². The Morgan fingerprint density at radius 2 is 1.80 bits per heavy atom. The molecular formula is C33H39N3O5. The van der Waals surface area contributed by atoms with E-state index in [1.165, 1.54) is 6.42 Å². The maximum absolute atomic E-state index is 14.2. The van der Waals surface area contributed by atoms with Crippen molar-refractivity contribution in [1.82, 2.24) is 10.2 Å². The molecule has 1 spiro atoms. The largest absolute Gasteiger partial charge is 0.494 e. The van der Waals surface area contributed by atoms with Crippen LogP contribution in [-0.4, -0.2) is 59.6 Å². The summed E-state index contributed by atoms with van der Waals surface area (Å²) >= 11 is 0. The third-order valence-corrected chi connectivity index (χ3v) is 9.28. The number of benzene rings is 2. The van der Waals surface area contributed by atoms with Crippen LogP contribution in [0.15, 0.2) is 66.7 Å². The van der Waals surface area contributed by atoms with Crippen molar-refractivity contribution in [2.45, 2.75) is 69.7 Å². The van der Waals surface area contributed by atoms with Gasteiger partial charge in [-0.25, -0.2) is 0 Å². The Balaban J connectivity index is 1.27. The van der Waals surface area contributed by atoms with Gasteiger partial charge in [-0.15, -0.1) is 0 Å². The van der Waals surface area contributed by atoms with Gasteiger partial charge in [0.1, 0.15) is 17.4 Å². The van der Waals surface area contributed by atoms with E-state index in [-0.39, 0.29) is 23.8 Å². The van der Waals surface area contributed by atoms with Crippen LogP contribution in [0.3, 0.4) is 0 Å². The molecule has 8 nitrogen and oxygen atoms in total. The van der Waals surface area contributed by atoms with Gasteiger partial charge in [-0.1, -0.05) is 62.2 Å². The highest BCUT2D eigenvalue weighted by atomic mass is 16.5. The number of carbonyl (C=O) groups excluding carboxylic acids is 3. The molecule has 216 valence electrons. The second kappa shape index (κ2) is 11.3. The van der Waals surface area contributed by atoms with E-state index < -0.39 is 29.6 Å². The number of nitrogens with zero attached hydrogens (tertiary/aromatic N) is 1. The van der Waals surface area contributed by atoms with Gasteiger partial charge in [0.15, 0.2) is 0 Å². The van der Waals surface area contributed by atoms with Crippen LogP contribution in [0.1, 0.15) is 45.1 Å². The predicted molar refractivity (Wildman–Crippen MR) is 155 cm³/mol. The zero-order valence-electron chi connectivity index (χ0n) is 23.8.